The van der Waals surface area contributed by atoms with E-state index < -0.39 is 5.97 Å². The summed E-state index contributed by atoms with van der Waals surface area (Å²) in [5.74, 6) is -0.856. The highest BCUT2D eigenvalue weighted by molar-refractivity contribution is 5.96. The number of aliphatic hydroxyl groups excluding tert-OH is 1. The average molecular weight is 266 g/mol. The third kappa shape index (κ3) is 4.59. The number of carbonyl (C=O) groups is 2. The van der Waals surface area contributed by atoms with E-state index in [9.17, 15) is 9.59 Å². The molecule has 1 aromatic carbocycles. The van der Waals surface area contributed by atoms with Gasteiger partial charge in [0.2, 0.25) is 0 Å². The molecule has 104 valence electrons. The minimum atomic E-state index is -0.573. The van der Waals surface area contributed by atoms with E-state index >= 15 is 0 Å². The number of likely N-dealkylation sites (N-methyl/N-ethyl adjacent to an activating group) is 1. The first-order chi connectivity index (χ1) is 9.06. The Morgan fingerprint density at radius 3 is 2.63 bits per heavy atom. The molecule has 2 N–H and O–H groups in total. The number of hydrogen-bond donors (Lipinski definition) is 2. The van der Waals surface area contributed by atoms with Crippen molar-refractivity contribution < 1.29 is 19.4 Å². The summed E-state index contributed by atoms with van der Waals surface area (Å²) in [6.45, 7) is 0.00356. The lowest BCUT2D eigenvalue weighted by atomic mass is 10.2. The van der Waals surface area contributed by atoms with Gasteiger partial charge >= 0.3 is 5.97 Å². The zero-order valence-electron chi connectivity index (χ0n) is 11.0. The highest BCUT2D eigenvalue weighted by Gasteiger charge is 2.14. The van der Waals surface area contributed by atoms with E-state index in [1.807, 2.05) is 0 Å². The summed E-state index contributed by atoms with van der Waals surface area (Å²) < 4.78 is 4.94. The van der Waals surface area contributed by atoms with Crippen LogP contribution < -0.4 is 5.32 Å². The average Bonchev–Trinajstić information content (AvgIpc) is 2.42. The molecule has 0 aromatic heterocycles. The van der Waals surface area contributed by atoms with Crippen LogP contribution in [0.4, 0.5) is 5.69 Å². The second-order valence-electron chi connectivity index (χ2n) is 4.06. The van der Waals surface area contributed by atoms with Crippen LogP contribution in [0.15, 0.2) is 24.3 Å². The number of nitrogens with zero attached hydrogens (tertiary/aromatic N) is 1. The lowest BCUT2D eigenvalue weighted by Gasteiger charge is -2.12. The highest BCUT2D eigenvalue weighted by atomic mass is 16.5. The molecule has 0 saturated carbocycles. The van der Waals surface area contributed by atoms with E-state index in [1.165, 1.54) is 4.90 Å². The molecule has 0 radical (unpaired) electrons. The van der Waals surface area contributed by atoms with Crippen LogP contribution in [0, 0.1) is 0 Å². The fourth-order valence-electron chi connectivity index (χ4n) is 1.34. The molecule has 1 aromatic rings. The van der Waals surface area contributed by atoms with Gasteiger partial charge in [0.1, 0.15) is 0 Å². The second kappa shape index (κ2) is 7.38. The largest absolute Gasteiger partial charge is 0.452 e. The van der Waals surface area contributed by atoms with Crippen LogP contribution in [-0.4, -0.2) is 55.7 Å². The molecule has 19 heavy (non-hydrogen) atoms. The van der Waals surface area contributed by atoms with Crippen LogP contribution in [-0.2, 0) is 9.53 Å². The van der Waals surface area contributed by atoms with Gasteiger partial charge in [0.15, 0.2) is 6.61 Å². The van der Waals surface area contributed by atoms with Crippen molar-refractivity contribution in [1.82, 2.24) is 4.90 Å². The zero-order valence-corrected chi connectivity index (χ0v) is 11.0. The Morgan fingerprint density at radius 1 is 1.32 bits per heavy atom. The standard InChI is InChI=1S/C13H18N2O4/c1-15(2)12(17)9-19-13(18)10-5-3-4-6-11(10)14-7-8-16/h3-6,14,16H,7-9H2,1-2H3. The number of hydrogen-bond acceptors (Lipinski definition) is 5. The third-order valence-electron chi connectivity index (χ3n) is 2.40. The number of amides is 1. The van der Waals surface area contributed by atoms with Crippen LogP contribution >= 0.6 is 0 Å². The van der Waals surface area contributed by atoms with Crippen molar-refractivity contribution in [3.63, 3.8) is 0 Å². The van der Waals surface area contributed by atoms with E-state index in [0.717, 1.165) is 0 Å². The van der Waals surface area contributed by atoms with Crippen molar-refractivity contribution in [3.8, 4) is 0 Å². The highest BCUT2D eigenvalue weighted by Crippen LogP contribution is 2.15. The van der Waals surface area contributed by atoms with Crippen molar-refractivity contribution >= 4 is 17.6 Å². The fraction of sp³-hybridized carbons (Fsp3) is 0.385. The number of nitrogens with one attached hydrogen (secondary N) is 1. The van der Waals surface area contributed by atoms with Gasteiger partial charge in [-0.3, -0.25) is 4.79 Å². The smallest absolute Gasteiger partial charge is 0.340 e. The number of esters is 1. The second-order valence-corrected chi connectivity index (χ2v) is 4.06. The Hall–Kier alpha value is -2.08. The Kier molecular flexibility index (Phi) is 5.81. The lowest BCUT2D eigenvalue weighted by Crippen LogP contribution is -2.27. The molecule has 0 fully saturated rings. The van der Waals surface area contributed by atoms with Crippen molar-refractivity contribution in [2.24, 2.45) is 0 Å². The molecular formula is C13H18N2O4. The maximum absolute atomic E-state index is 11.9. The van der Waals surface area contributed by atoms with Crippen LogP contribution in [0.2, 0.25) is 0 Å². The molecule has 0 aliphatic heterocycles. The number of rotatable bonds is 6. The minimum absolute atomic E-state index is 0.0392. The van der Waals surface area contributed by atoms with Gasteiger partial charge in [-0.2, -0.15) is 0 Å². The minimum Gasteiger partial charge on any atom is -0.452 e. The molecule has 0 unspecified atom stereocenters. The summed E-state index contributed by atoms with van der Waals surface area (Å²) in [7, 11) is 3.18. The summed E-state index contributed by atoms with van der Waals surface area (Å²) in [4.78, 5) is 24.5. The van der Waals surface area contributed by atoms with Gasteiger partial charge in [0, 0.05) is 26.3 Å². The van der Waals surface area contributed by atoms with Gasteiger partial charge in [0.25, 0.3) is 5.91 Å². The topological polar surface area (TPSA) is 78.9 Å². The number of aliphatic hydroxyl groups is 1. The van der Waals surface area contributed by atoms with Crippen molar-refractivity contribution in [1.29, 1.82) is 0 Å². The lowest BCUT2D eigenvalue weighted by molar-refractivity contribution is -0.131. The molecule has 1 rings (SSSR count). The van der Waals surface area contributed by atoms with Crippen molar-refractivity contribution in [3.05, 3.63) is 29.8 Å². The molecule has 0 aliphatic rings. The van der Waals surface area contributed by atoms with Gasteiger partial charge in [-0.05, 0) is 12.1 Å². The van der Waals surface area contributed by atoms with E-state index in [2.05, 4.69) is 5.32 Å². The predicted octanol–water partition coefficient (Wildman–Crippen LogP) is 0.336. The molecule has 6 nitrogen and oxygen atoms in total. The maximum Gasteiger partial charge on any atom is 0.340 e. The summed E-state index contributed by atoms with van der Waals surface area (Å²) in [5.41, 5.74) is 0.904. The summed E-state index contributed by atoms with van der Waals surface area (Å²) in [5, 5.41) is 11.7. The summed E-state index contributed by atoms with van der Waals surface area (Å²) >= 11 is 0. The van der Waals surface area contributed by atoms with Gasteiger partial charge in [-0.15, -0.1) is 0 Å². The Morgan fingerprint density at radius 2 is 2.00 bits per heavy atom. The third-order valence-corrected chi connectivity index (χ3v) is 2.40. The van der Waals surface area contributed by atoms with E-state index in [-0.39, 0.29) is 19.1 Å². The predicted molar refractivity (Wildman–Crippen MR) is 71.0 cm³/mol. The van der Waals surface area contributed by atoms with E-state index in [1.54, 1.807) is 38.4 Å². The van der Waals surface area contributed by atoms with Crippen molar-refractivity contribution in [2.75, 3.05) is 39.2 Å². The van der Waals surface area contributed by atoms with Crippen molar-refractivity contribution in [2.45, 2.75) is 0 Å². The molecule has 1 amide bonds. The van der Waals surface area contributed by atoms with Gasteiger partial charge < -0.3 is 20.1 Å². The van der Waals surface area contributed by atoms with Gasteiger partial charge in [-0.1, -0.05) is 12.1 Å². The number of ether oxygens (including phenoxy) is 1. The van der Waals surface area contributed by atoms with Crippen LogP contribution in [0.3, 0.4) is 0 Å². The monoisotopic (exact) mass is 266 g/mol. The van der Waals surface area contributed by atoms with E-state index in [0.29, 0.717) is 17.8 Å². The molecule has 0 bridgehead atoms. The first-order valence-electron chi connectivity index (χ1n) is 5.87. The molecule has 0 heterocycles. The molecule has 0 aliphatic carbocycles. The maximum atomic E-state index is 11.9. The normalized spacial score (nSPS) is 9.84. The molecule has 0 spiro atoms. The zero-order chi connectivity index (χ0) is 14.3. The number of anilines is 1. The Balaban J connectivity index is 2.68. The Bertz CT molecular complexity index is 446. The van der Waals surface area contributed by atoms with E-state index in [4.69, 9.17) is 9.84 Å². The SMILES string of the molecule is CN(C)C(=O)COC(=O)c1ccccc1NCCO. The molecule has 0 saturated heterocycles. The quantitative estimate of drug-likeness (QED) is 0.726. The number of para-hydroxylation sites is 1. The number of carbonyl (C=O) groups excluding carboxylic acids is 2. The molecule has 6 heteroatoms. The Labute approximate surface area is 112 Å². The van der Waals surface area contributed by atoms with Gasteiger partial charge in [0.05, 0.1) is 12.2 Å². The number of benzene rings is 1. The first-order valence-corrected chi connectivity index (χ1v) is 5.87. The van der Waals surface area contributed by atoms with Crippen LogP contribution in [0.1, 0.15) is 10.4 Å². The fourth-order valence-corrected chi connectivity index (χ4v) is 1.34. The molecule has 0 atom stereocenters. The van der Waals surface area contributed by atoms with Crippen LogP contribution in [0.5, 0.6) is 0 Å². The summed E-state index contributed by atoms with van der Waals surface area (Å²) in [6.07, 6.45) is 0. The molecular weight excluding hydrogens is 248 g/mol. The first kappa shape index (κ1) is 15.0. The van der Waals surface area contributed by atoms with Gasteiger partial charge in [-0.25, -0.2) is 4.79 Å². The van der Waals surface area contributed by atoms with Crippen LogP contribution in [0.25, 0.3) is 0 Å². The summed E-state index contributed by atoms with van der Waals surface area (Å²) in [6, 6.07) is 6.78.